The third-order valence-corrected chi connectivity index (χ3v) is 3.82. The van der Waals surface area contributed by atoms with Crippen LogP contribution in [-0.4, -0.2) is 35.0 Å². The summed E-state index contributed by atoms with van der Waals surface area (Å²) >= 11 is 0. The van der Waals surface area contributed by atoms with Gasteiger partial charge in [0.15, 0.2) is 23.0 Å². The highest BCUT2D eigenvalue weighted by molar-refractivity contribution is 5.85. The molecular weight excluding hydrogens is 342 g/mol. The third-order valence-electron chi connectivity index (χ3n) is 3.82. The summed E-state index contributed by atoms with van der Waals surface area (Å²) < 4.78 is 21.2. The van der Waals surface area contributed by atoms with Gasteiger partial charge in [-0.2, -0.15) is 0 Å². The number of benzene rings is 2. The van der Waals surface area contributed by atoms with Crippen molar-refractivity contribution >= 4 is 12.4 Å². The van der Waals surface area contributed by atoms with Gasteiger partial charge < -0.3 is 24.3 Å². The fourth-order valence-electron chi connectivity index (χ4n) is 2.49. The van der Waals surface area contributed by atoms with Crippen LogP contribution in [0.5, 0.6) is 23.0 Å². The normalized spacial score (nSPS) is 9.92. The molecule has 6 heteroatoms. The lowest BCUT2D eigenvalue weighted by Crippen LogP contribution is -2.16. The molecule has 0 aliphatic rings. The lowest BCUT2D eigenvalue weighted by Gasteiger charge is -2.11. The van der Waals surface area contributed by atoms with Crippen LogP contribution in [0.15, 0.2) is 36.4 Å². The summed E-state index contributed by atoms with van der Waals surface area (Å²) in [6.07, 6.45) is 0.910. The highest BCUT2D eigenvalue weighted by Gasteiger charge is 2.06. The van der Waals surface area contributed by atoms with Crippen LogP contribution in [0, 0.1) is 0 Å². The Morgan fingerprint density at radius 3 is 1.68 bits per heavy atom. The highest BCUT2D eigenvalue weighted by atomic mass is 35.5. The third kappa shape index (κ3) is 5.73. The minimum atomic E-state index is 0. The predicted molar refractivity (Wildman–Crippen MR) is 102 cm³/mol. The van der Waals surface area contributed by atoms with E-state index in [1.807, 2.05) is 30.3 Å². The Balaban J connectivity index is 0.00000312. The van der Waals surface area contributed by atoms with Crippen molar-refractivity contribution in [1.29, 1.82) is 0 Å². The van der Waals surface area contributed by atoms with E-state index >= 15 is 0 Å². The van der Waals surface area contributed by atoms with Crippen LogP contribution < -0.4 is 24.3 Å². The number of ether oxygens (including phenoxy) is 4. The Kier molecular flexibility index (Phi) is 8.95. The molecule has 0 spiro atoms. The lowest BCUT2D eigenvalue weighted by atomic mass is 10.1. The number of nitrogens with one attached hydrogen (secondary N) is 1. The van der Waals surface area contributed by atoms with Crippen LogP contribution in [0.2, 0.25) is 0 Å². The van der Waals surface area contributed by atoms with Crippen LogP contribution in [0.25, 0.3) is 0 Å². The van der Waals surface area contributed by atoms with Gasteiger partial charge in [0.2, 0.25) is 0 Å². The summed E-state index contributed by atoms with van der Waals surface area (Å²) in [4.78, 5) is 0. The first-order chi connectivity index (χ1) is 11.7. The standard InChI is InChI=1S/C19H25NO4.ClH/c1-21-16-7-5-14(11-18(16)23-3)9-10-20-13-15-6-8-17(22-2)19(12-15)24-4;/h5-8,11-12,20H,9-10,13H2,1-4H3;1H. The zero-order valence-electron chi connectivity index (χ0n) is 15.1. The van der Waals surface area contributed by atoms with E-state index in [2.05, 4.69) is 11.4 Å². The Morgan fingerprint density at radius 2 is 1.16 bits per heavy atom. The highest BCUT2D eigenvalue weighted by Crippen LogP contribution is 2.28. The molecule has 25 heavy (non-hydrogen) atoms. The lowest BCUT2D eigenvalue weighted by molar-refractivity contribution is 0.354. The zero-order chi connectivity index (χ0) is 17.4. The first-order valence-corrected chi connectivity index (χ1v) is 7.84. The van der Waals surface area contributed by atoms with E-state index in [1.165, 1.54) is 5.56 Å². The van der Waals surface area contributed by atoms with Gasteiger partial charge in [-0.05, 0) is 48.4 Å². The molecule has 138 valence electrons. The molecule has 1 N–H and O–H groups in total. The minimum Gasteiger partial charge on any atom is -0.493 e. The molecule has 0 atom stereocenters. The van der Waals surface area contributed by atoms with Gasteiger partial charge >= 0.3 is 0 Å². The molecule has 2 aromatic carbocycles. The molecule has 0 saturated heterocycles. The summed E-state index contributed by atoms with van der Waals surface area (Å²) in [5.74, 6) is 3.00. The van der Waals surface area contributed by atoms with Gasteiger partial charge in [-0.1, -0.05) is 12.1 Å². The monoisotopic (exact) mass is 367 g/mol. The van der Waals surface area contributed by atoms with Crippen molar-refractivity contribution in [2.24, 2.45) is 0 Å². The second-order valence-corrected chi connectivity index (χ2v) is 5.31. The second kappa shape index (κ2) is 10.7. The Hall–Kier alpha value is -2.11. The molecule has 0 aliphatic carbocycles. The molecule has 0 aromatic heterocycles. The van der Waals surface area contributed by atoms with E-state index in [9.17, 15) is 0 Å². The van der Waals surface area contributed by atoms with Crippen LogP contribution in [0.1, 0.15) is 11.1 Å². The summed E-state index contributed by atoms with van der Waals surface area (Å²) in [5, 5.41) is 3.44. The largest absolute Gasteiger partial charge is 0.493 e. The first-order valence-electron chi connectivity index (χ1n) is 7.84. The van der Waals surface area contributed by atoms with Crippen molar-refractivity contribution in [3.63, 3.8) is 0 Å². The number of methoxy groups -OCH3 is 4. The maximum absolute atomic E-state index is 5.33. The van der Waals surface area contributed by atoms with E-state index in [4.69, 9.17) is 18.9 Å². The van der Waals surface area contributed by atoms with Crippen molar-refractivity contribution in [3.05, 3.63) is 47.5 Å². The van der Waals surface area contributed by atoms with E-state index < -0.39 is 0 Å². The van der Waals surface area contributed by atoms with Gasteiger partial charge in [-0.15, -0.1) is 12.4 Å². The minimum absolute atomic E-state index is 0. The van der Waals surface area contributed by atoms with E-state index in [0.717, 1.165) is 48.1 Å². The summed E-state index contributed by atoms with van der Waals surface area (Å²) in [6.45, 7) is 1.64. The fourth-order valence-corrected chi connectivity index (χ4v) is 2.49. The topological polar surface area (TPSA) is 49.0 Å². The van der Waals surface area contributed by atoms with Crippen molar-refractivity contribution in [3.8, 4) is 23.0 Å². The second-order valence-electron chi connectivity index (χ2n) is 5.31. The number of halogens is 1. The summed E-state index contributed by atoms with van der Waals surface area (Å²) in [6, 6.07) is 11.9. The van der Waals surface area contributed by atoms with Gasteiger partial charge in [-0.3, -0.25) is 0 Å². The van der Waals surface area contributed by atoms with E-state index in [0.29, 0.717) is 0 Å². The Labute approximate surface area is 155 Å². The number of hydrogen-bond acceptors (Lipinski definition) is 5. The quantitative estimate of drug-likeness (QED) is 0.688. The van der Waals surface area contributed by atoms with E-state index in [-0.39, 0.29) is 12.4 Å². The molecule has 0 bridgehead atoms. The van der Waals surface area contributed by atoms with Crippen LogP contribution >= 0.6 is 12.4 Å². The molecule has 0 saturated carbocycles. The molecule has 0 radical (unpaired) electrons. The summed E-state index contributed by atoms with van der Waals surface area (Å²) in [7, 11) is 6.57. The zero-order valence-corrected chi connectivity index (χ0v) is 15.9. The average Bonchev–Trinajstić information content (AvgIpc) is 2.64. The van der Waals surface area contributed by atoms with Gasteiger partial charge in [0.05, 0.1) is 28.4 Å². The first kappa shape index (κ1) is 20.9. The van der Waals surface area contributed by atoms with Gasteiger partial charge in [0, 0.05) is 6.54 Å². The van der Waals surface area contributed by atoms with Gasteiger partial charge in [0.25, 0.3) is 0 Å². The molecule has 0 aliphatic heterocycles. The van der Waals surface area contributed by atoms with Crippen LogP contribution in [0.4, 0.5) is 0 Å². The SMILES string of the molecule is COc1ccc(CCNCc2ccc(OC)c(OC)c2)cc1OC.Cl. The van der Waals surface area contributed by atoms with Gasteiger partial charge in [-0.25, -0.2) is 0 Å². The van der Waals surface area contributed by atoms with Crippen LogP contribution in [0.3, 0.4) is 0 Å². The molecule has 2 aromatic rings. The van der Waals surface area contributed by atoms with Crippen molar-refractivity contribution < 1.29 is 18.9 Å². The molecule has 0 unspecified atom stereocenters. The van der Waals surface area contributed by atoms with Crippen LogP contribution in [-0.2, 0) is 13.0 Å². The Morgan fingerprint density at radius 1 is 0.680 bits per heavy atom. The number of hydrogen-bond donors (Lipinski definition) is 1. The smallest absolute Gasteiger partial charge is 0.161 e. The Bertz CT molecular complexity index is 606. The molecule has 2 rings (SSSR count). The maximum atomic E-state index is 5.33. The van der Waals surface area contributed by atoms with Crippen molar-refractivity contribution in [2.75, 3.05) is 35.0 Å². The molecule has 0 fully saturated rings. The van der Waals surface area contributed by atoms with Crippen molar-refractivity contribution in [2.45, 2.75) is 13.0 Å². The fraction of sp³-hybridized carbons (Fsp3) is 0.368. The number of rotatable bonds is 9. The summed E-state index contributed by atoms with van der Waals surface area (Å²) in [5.41, 5.74) is 2.35. The van der Waals surface area contributed by atoms with Gasteiger partial charge in [0.1, 0.15) is 0 Å². The van der Waals surface area contributed by atoms with E-state index in [1.54, 1.807) is 28.4 Å². The molecule has 5 nitrogen and oxygen atoms in total. The average molecular weight is 368 g/mol. The van der Waals surface area contributed by atoms with Crippen molar-refractivity contribution in [1.82, 2.24) is 5.32 Å². The maximum Gasteiger partial charge on any atom is 0.161 e. The molecule has 0 amide bonds. The molecule has 0 heterocycles. The predicted octanol–water partition coefficient (Wildman–Crippen LogP) is 3.48. The molecular formula is C19H26ClNO4.